The molecule has 0 saturated heterocycles. The predicted molar refractivity (Wildman–Crippen MR) is 79.6 cm³/mol. The number of methoxy groups -OCH3 is 1. The second kappa shape index (κ2) is 9.29. The Kier molecular flexibility index (Phi) is 7.41. The van der Waals surface area contributed by atoms with Crippen LogP contribution >= 0.6 is 0 Å². The summed E-state index contributed by atoms with van der Waals surface area (Å²) >= 11 is 0. The lowest BCUT2D eigenvalue weighted by atomic mass is 10.1. The average Bonchev–Trinajstić information content (AvgIpc) is 2.53. The van der Waals surface area contributed by atoms with Crippen LogP contribution in [0.5, 0.6) is 0 Å². The Morgan fingerprint density at radius 3 is 2.50 bits per heavy atom. The van der Waals surface area contributed by atoms with E-state index < -0.39 is 35.6 Å². The van der Waals surface area contributed by atoms with Crippen molar-refractivity contribution in [3.63, 3.8) is 0 Å². The molecule has 1 amide bonds. The van der Waals surface area contributed by atoms with Gasteiger partial charge in [-0.05, 0) is 24.1 Å². The number of hydrogen-bond donors (Lipinski definition) is 2. The summed E-state index contributed by atoms with van der Waals surface area (Å²) < 4.78 is 18.0. The molecule has 1 aromatic rings. The first kappa shape index (κ1) is 19.1. The lowest BCUT2D eigenvalue weighted by molar-refractivity contribution is -0.144. The standard InChI is InChI=1S/C15H16FN3O5/c1-24-13(9-2-4-10(16)5-3-9)14(21)19-12(15(22)23)7-6-11(20)8-18-17/h2-5,8,12-13H,6-7H2,1H3,(H,19,21)(H,22,23). The van der Waals surface area contributed by atoms with Gasteiger partial charge in [0.25, 0.3) is 5.91 Å². The van der Waals surface area contributed by atoms with Crippen LogP contribution in [0.25, 0.3) is 5.53 Å². The number of nitrogens with zero attached hydrogens (tertiary/aromatic N) is 2. The van der Waals surface area contributed by atoms with Crippen LogP contribution in [0.4, 0.5) is 4.39 Å². The molecule has 0 aliphatic rings. The smallest absolute Gasteiger partial charge is 0.326 e. The van der Waals surface area contributed by atoms with Gasteiger partial charge in [-0.15, -0.1) is 0 Å². The number of halogens is 1. The highest BCUT2D eigenvalue weighted by molar-refractivity contribution is 6.25. The van der Waals surface area contributed by atoms with Gasteiger partial charge in [0.2, 0.25) is 5.78 Å². The fraction of sp³-hybridized carbons (Fsp3) is 0.333. The zero-order chi connectivity index (χ0) is 18.1. The Morgan fingerprint density at radius 2 is 2.00 bits per heavy atom. The molecule has 128 valence electrons. The highest BCUT2D eigenvalue weighted by Crippen LogP contribution is 2.18. The van der Waals surface area contributed by atoms with Gasteiger partial charge < -0.3 is 20.7 Å². The summed E-state index contributed by atoms with van der Waals surface area (Å²) in [5.74, 6) is -3.13. The van der Waals surface area contributed by atoms with Gasteiger partial charge in [-0.2, -0.15) is 4.79 Å². The zero-order valence-electron chi connectivity index (χ0n) is 12.8. The van der Waals surface area contributed by atoms with E-state index in [0.717, 1.165) is 12.1 Å². The van der Waals surface area contributed by atoms with E-state index in [1.54, 1.807) is 0 Å². The topological polar surface area (TPSA) is 129 Å². The number of ketones is 1. The lowest BCUT2D eigenvalue weighted by Gasteiger charge is -2.19. The number of amides is 1. The number of ether oxygens (including phenoxy) is 1. The van der Waals surface area contributed by atoms with E-state index in [2.05, 4.69) is 10.1 Å². The molecule has 1 aromatic carbocycles. The molecule has 0 fully saturated rings. The van der Waals surface area contributed by atoms with Gasteiger partial charge in [0.05, 0.1) is 0 Å². The lowest BCUT2D eigenvalue weighted by Crippen LogP contribution is -2.43. The third-order valence-corrected chi connectivity index (χ3v) is 3.14. The minimum Gasteiger partial charge on any atom is -0.480 e. The first-order chi connectivity index (χ1) is 11.4. The molecule has 0 radical (unpaired) electrons. The second-order valence-electron chi connectivity index (χ2n) is 4.82. The molecule has 2 N–H and O–H groups in total. The number of Topliss-reactive ketones (excluding diaryl/α,β-unsaturated/α-hetero) is 1. The third-order valence-electron chi connectivity index (χ3n) is 3.14. The number of nitrogens with one attached hydrogen (secondary N) is 1. The maximum absolute atomic E-state index is 12.9. The fourth-order valence-electron chi connectivity index (χ4n) is 1.95. The molecule has 0 aliphatic heterocycles. The van der Waals surface area contributed by atoms with Crippen LogP contribution in [-0.4, -0.2) is 46.9 Å². The van der Waals surface area contributed by atoms with Crippen LogP contribution in [0.1, 0.15) is 24.5 Å². The molecule has 2 atom stereocenters. The molecule has 9 heteroatoms. The van der Waals surface area contributed by atoms with Gasteiger partial charge in [-0.25, -0.2) is 9.18 Å². The minimum absolute atomic E-state index is 0.189. The fourth-order valence-corrected chi connectivity index (χ4v) is 1.95. The molecular weight excluding hydrogens is 321 g/mol. The number of aliphatic carboxylic acids is 1. The number of carbonyl (C=O) groups is 3. The van der Waals surface area contributed by atoms with E-state index in [-0.39, 0.29) is 12.8 Å². The van der Waals surface area contributed by atoms with Crippen molar-refractivity contribution < 1.29 is 33.4 Å². The van der Waals surface area contributed by atoms with Gasteiger partial charge in [-0.1, -0.05) is 12.1 Å². The first-order valence-electron chi connectivity index (χ1n) is 6.90. The summed E-state index contributed by atoms with van der Waals surface area (Å²) in [6.07, 6.45) is -0.888. The average molecular weight is 337 g/mol. The van der Waals surface area contributed by atoms with Crippen molar-refractivity contribution in [2.24, 2.45) is 0 Å². The quantitative estimate of drug-likeness (QED) is 0.390. The molecule has 24 heavy (non-hydrogen) atoms. The van der Waals surface area contributed by atoms with Crippen LogP contribution in [0.3, 0.4) is 0 Å². The van der Waals surface area contributed by atoms with E-state index in [1.165, 1.54) is 19.2 Å². The second-order valence-corrected chi connectivity index (χ2v) is 4.82. The normalized spacial score (nSPS) is 12.6. The van der Waals surface area contributed by atoms with Gasteiger partial charge in [0, 0.05) is 13.5 Å². The SMILES string of the molecule is COC(C(=O)NC(CCC(=O)C=[N+]=[N-])C(=O)O)c1ccc(F)cc1. The van der Waals surface area contributed by atoms with Crippen LogP contribution in [-0.2, 0) is 19.1 Å². The highest BCUT2D eigenvalue weighted by Gasteiger charge is 2.27. The highest BCUT2D eigenvalue weighted by atomic mass is 19.1. The van der Waals surface area contributed by atoms with Crippen molar-refractivity contribution in [2.75, 3.05) is 7.11 Å². The van der Waals surface area contributed by atoms with E-state index in [0.29, 0.717) is 11.8 Å². The monoisotopic (exact) mass is 337 g/mol. The van der Waals surface area contributed by atoms with Gasteiger partial charge in [0.15, 0.2) is 6.10 Å². The molecule has 0 aliphatic carbocycles. The summed E-state index contributed by atoms with van der Waals surface area (Å²) in [5, 5.41) is 11.4. The molecule has 2 unspecified atom stereocenters. The van der Waals surface area contributed by atoms with Crippen LogP contribution in [0, 0.1) is 5.82 Å². The molecule has 8 nitrogen and oxygen atoms in total. The van der Waals surface area contributed by atoms with Crippen molar-refractivity contribution in [3.8, 4) is 0 Å². The molecule has 0 spiro atoms. The van der Waals surface area contributed by atoms with E-state index in [4.69, 9.17) is 15.4 Å². The van der Waals surface area contributed by atoms with Gasteiger partial charge >= 0.3 is 12.2 Å². The Morgan fingerprint density at radius 1 is 1.38 bits per heavy atom. The van der Waals surface area contributed by atoms with Crippen molar-refractivity contribution >= 4 is 23.9 Å². The summed E-state index contributed by atoms with van der Waals surface area (Å²) in [4.78, 5) is 37.2. The Balaban J connectivity index is 2.78. The number of benzene rings is 1. The van der Waals surface area contributed by atoms with Crippen LogP contribution in [0.2, 0.25) is 0 Å². The van der Waals surface area contributed by atoms with Gasteiger partial charge in [0.1, 0.15) is 11.9 Å². The summed E-state index contributed by atoms with van der Waals surface area (Å²) in [6, 6.07) is 3.67. The molecule has 0 heterocycles. The van der Waals surface area contributed by atoms with Crippen molar-refractivity contribution in [3.05, 3.63) is 41.2 Å². The Bertz CT molecular complexity index is 656. The third kappa shape index (κ3) is 5.71. The van der Waals surface area contributed by atoms with Crippen LogP contribution < -0.4 is 5.32 Å². The Hall–Kier alpha value is -2.90. The number of carbonyl (C=O) groups excluding carboxylic acids is 2. The molecule has 0 saturated carbocycles. The van der Waals surface area contributed by atoms with Gasteiger partial charge in [-0.3, -0.25) is 9.59 Å². The molecule has 0 bridgehead atoms. The number of carboxylic acids is 1. The van der Waals surface area contributed by atoms with Crippen molar-refractivity contribution in [1.82, 2.24) is 5.32 Å². The van der Waals surface area contributed by atoms with E-state index in [1.807, 2.05) is 0 Å². The number of rotatable bonds is 9. The molecule has 0 aromatic heterocycles. The maximum Gasteiger partial charge on any atom is 0.326 e. The van der Waals surface area contributed by atoms with Crippen molar-refractivity contribution in [1.29, 1.82) is 0 Å². The molecule has 1 rings (SSSR count). The number of carboxylic acid groups (broad SMARTS) is 1. The molecular formula is C15H16FN3O5. The minimum atomic E-state index is -1.33. The summed E-state index contributed by atoms with van der Waals surface area (Å²) in [7, 11) is 1.25. The summed E-state index contributed by atoms with van der Waals surface area (Å²) in [6.45, 7) is 0. The predicted octanol–water partition coefficient (Wildman–Crippen LogP) is 0.732. The number of hydrogen-bond acceptors (Lipinski definition) is 4. The Labute approximate surface area is 136 Å². The largest absolute Gasteiger partial charge is 0.480 e. The van der Waals surface area contributed by atoms with Crippen LogP contribution in [0.15, 0.2) is 24.3 Å². The van der Waals surface area contributed by atoms with E-state index >= 15 is 0 Å². The summed E-state index contributed by atoms with van der Waals surface area (Å²) in [5.41, 5.74) is 8.58. The first-order valence-corrected chi connectivity index (χ1v) is 6.90. The zero-order valence-corrected chi connectivity index (χ0v) is 12.8. The van der Waals surface area contributed by atoms with E-state index in [9.17, 15) is 18.8 Å². The van der Waals surface area contributed by atoms with Crippen molar-refractivity contribution in [2.45, 2.75) is 25.0 Å². The maximum atomic E-state index is 12.9.